The van der Waals surface area contributed by atoms with Crippen LogP contribution in [0.4, 0.5) is 0 Å². The molecule has 0 unspecified atom stereocenters. The van der Waals surface area contributed by atoms with Crippen molar-refractivity contribution in [2.45, 2.75) is 13.0 Å². The molecule has 0 bridgehead atoms. The molecule has 30 heavy (non-hydrogen) atoms. The fourth-order valence-electron chi connectivity index (χ4n) is 3.13. The second-order valence-electron chi connectivity index (χ2n) is 6.79. The number of carbonyl (C=O) groups excluding carboxylic acids is 1. The average molecular weight is 457 g/mol. The summed E-state index contributed by atoms with van der Waals surface area (Å²) in [7, 11) is 1.90. The molecule has 0 saturated heterocycles. The number of nitrogens with one attached hydrogen (secondary N) is 1. The lowest BCUT2D eigenvalue weighted by atomic mass is 10.1. The number of aryl methyl sites for hydroxylation is 2. The summed E-state index contributed by atoms with van der Waals surface area (Å²) in [5.74, 6) is 0.527. The highest BCUT2D eigenvalue weighted by Crippen LogP contribution is 2.30. The number of aromatic nitrogens is 3. The molecule has 0 aliphatic carbocycles. The normalized spacial score (nSPS) is 12.0. The van der Waals surface area contributed by atoms with E-state index in [9.17, 15) is 4.79 Å². The molecule has 0 aliphatic heterocycles. The van der Waals surface area contributed by atoms with E-state index in [1.54, 1.807) is 18.3 Å². The standard InChI is InChI=1S/C22H18Cl2N4OS/c1-13-19(30-22(26-13)15-5-9-17(24)10-6-15)21(29)27-18(20-25-11-12-28(20)2)14-3-7-16(23)8-4-14/h3-12,18H,1-2H3,(H,27,29)/t18-/m0/s1. The van der Waals surface area contributed by atoms with Crippen LogP contribution in [0.5, 0.6) is 0 Å². The Bertz CT molecular complexity index is 1180. The molecule has 5 nitrogen and oxygen atoms in total. The van der Waals surface area contributed by atoms with E-state index < -0.39 is 6.04 Å². The highest BCUT2D eigenvalue weighted by molar-refractivity contribution is 7.17. The minimum Gasteiger partial charge on any atom is -0.337 e. The monoisotopic (exact) mass is 456 g/mol. The maximum absolute atomic E-state index is 13.2. The molecule has 1 atom stereocenters. The molecule has 0 fully saturated rings. The lowest BCUT2D eigenvalue weighted by Gasteiger charge is -2.19. The van der Waals surface area contributed by atoms with Crippen molar-refractivity contribution in [3.05, 3.63) is 92.9 Å². The first-order valence-electron chi connectivity index (χ1n) is 9.19. The van der Waals surface area contributed by atoms with Gasteiger partial charge in [0.05, 0.1) is 5.69 Å². The second-order valence-corrected chi connectivity index (χ2v) is 8.67. The first kappa shape index (κ1) is 20.6. The Balaban J connectivity index is 1.65. The van der Waals surface area contributed by atoms with Gasteiger partial charge in [-0.2, -0.15) is 0 Å². The Morgan fingerprint density at radius 2 is 1.70 bits per heavy atom. The number of carbonyl (C=O) groups is 1. The summed E-state index contributed by atoms with van der Waals surface area (Å²) in [6.07, 6.45) is 3.56. The van der Waals surface area contributed by atoms with Gasteiger partial charge in [0.2, 0.25) is 0 Å². The van der Waals surface area contributed by atoms with Crippen LogP contribution in [0.2, 0.25) is 10.0 Å². The number of halogens is 2. The first-order chi connectivity index (χ1) is 14.4. The van der Waals surface area contributed by atoms with Crippen molar-refractivity contribution < 1.29 is 4.79 Å². The number of hydrogen-bond acceptors (Lipinski definition) is 4. The minimum absolute atomic E-state index is 0.201. The summed E-state index contributed by atoms with van der Waals surface area (Å²) >= 11 is 13.4. The number of benzene rings is 2. The van der Waals surface area contributed by atoms with Gasteiger partial charge in [-0.1, -0.05) is 47.5 Å². The Morgan fingerprint density at radius 3 is 2.30 bits per heavy atom. The molecule has 1 amide bonds. The predicted molar refractivity (Wildman–Crippen MR) is 121 cm³/mol. The zero-order valence-electron chi connectivity index (χ0n) is 16.3. The van der Waals surface area contributed by atoms with Crippen molar-refractivity contribution >= 4 is 40.4 Å². The Hall–Kier alpha value is -2.67. The third-order valence-electron chi connectivity index (χ3n) is 4.69. The number of imidazole rings is 1. The highest BCUT2D eigenvalue weighted by Gasteiger charge is 2.24. The van der Waals surface area contributed by atoms with E-state index in [1.807, 2.05) is 61.1 Å². The van der Waals surface area contributed by atoms with Crippen LogP contribution in [0, 0.1) is 6.92 Å². The smallest absolute Gasteiger partial charge is 0.264 e. The van der Waals surface area contributed by atoms with Gasteiger partial charge in [0.25, 0.3) is 5.91 Å². The molecule has 4 rings (SSSR count). The topological polar surface area (TPSA) is 59.8 Å². The molecule has 1 N–H and O–H groups in total. The van der Waals surface area contributed by atoms with Gasteiger partial charge in [0, 0.05) is 35.1 Å². The maximum Gasteiger partial charge on any atom is 0.264 e. The van der Waals surface area contributed by atoms with Crippen molar-refractivity contribution in [1.82, 2.24) is 19.9 Å². The van der Waals surface area contributed by atoms with Gasteiger partial charge in [-0.25, -0.2) is 9.97 Å². The van der Waals surface area contributed by atoms with Crippen LogP contribution in [-0.2, 0) is 7.05 Å². The van der Waals surface area contributed by atoms with Crippen LogP contribution in [-0.4, -0.2) is 20.4 Å². The Kier molecular flexibility index (Phi) is 5.90. The van der Waals surface area contributed by atoms with Gasteiger partial charge in [-0.3, -0.25) is 4.79 Å². The first-order valence-corrected chi connectivity index (χ1v) is 10.8. The quantitative estimate of drug-likeness (QED) is 0.420. The van der Waals surface area contributed by atoms with E-state index in [1.165, 1.54) is 11.3 Å². The third kappa shape index (κ3) is 4.26. The van der Waals surface area contributed by atoms with E-state index in [2.05, 4.69) is 15.3 Å². The van der Waals surface area contributed by atoms with Crippen LogP contribution in [0.25, 0.3) is 10.6 Å². The summed E-state index contributed by atoms with van der Waals surface area (Å²) in [5, 5.41) is 5.18. The van der Waals surface area contributed by atoms with Crippen LogP contribution in [0.1, 0.15) is 32.8 Å². The fraction of sp³-hybridized carbons (Fsp3) is 0.136. The lowest BCUT2D eigenvalue weighted by molar-refractivity contribution is 0.0944. The van der Waals surface area contributed by atoms with Gasteiger partial charge >= 0.3 is 0 Å². The van der Waals surface area contributed by atoms with Gasteiger partial charge < -0.3 is 9.88 Å². The van der Waals surface area contributed by atoms with Crippen molar-refractivity contribution in [2.24, 2.45) is 7.05 Å². The molecule has 4 aromatic rings. The molecule has 0 spiro atoms. The number of hydrogen-bond donors (Lipinski definition) is 1. The van der Waals surface area contributed by atoms with Crippen molar-refractivity contribution in [3.63, 3.8) is 0 Å². The fourth-order valence-corrected chi connectivity index (χ4v) is 4.35. The number of nitrogens with zero attached hydrogens (tertiary/aromatic N) is 3. The third-order valence-corrected chi connectivity index (χ3v) is 6.40. The Labute approximate surface area is 188 Å². The molecular weight excluding hydrogens is 439 g/mol. The molecule has 8 heteroatoms. The predicted octanol–water partition coefficient (Wildman–Crippen LogP) is 5.68. The number of thiazole rings is 1. The van der Waals surface area contributed by atoms with Crippen LogP contribution in [0.3, 0.4) is 0 Å². The summed E-state index contributed by atoms with van der Waals surface area (Å²) in [4.78, 5) is 22.8. The SMILES string of the molecule is Cc1nc(-c2ccc(Cl)cc2)sc1C(=O)N[C@@H](c1ccc(Cl)cc1)c1nccn1C. The van der Waals surface area contributed by atoms with Gasteiger partial charge in [0.15, 0.2) is 0 Å². The van der Waals surface area contributed by atoms with Crippen molar-refractivity contribution in [1.29, 1.82) is 0 Å². The second kappa shape index (κ2) is 8.60. The molecule has 2 aromatic heterocycles. The maximum atomic E-state index is 13.2. The van der Waals surface area contributed by atoms with E-state index in [0.717, 1.165) is 22.0 Å². The van der Waals surface area contributed by atoms with E-state index in [0.29, 0.717) is 20.6 Å². The van der Waals surface area contributed by atoms with Crippen LogP contribution >= 0.6 is 34.5 Å². The molecule has 2 aromatic carbocycles. The average Bonchev–Trinajstić information content (AvgIpc) is 3.33. The summed E-state index contributed by atoms with van der Waals surface area (Å²) in [6.45, 7) is 1.84. The minimum atomic E-state index is -0.421. The number of rotatable bonds is 5. The zero-order chi connectivity index (χ0) is 21.3. The van der Waals surface area contributed by atoms with Crippen molar-refractivity contribution in [3.8, 4) is 10.6 Å². The van der Waals surface area contributed by atoms with Gasteiger partial charge in [-0.15, -0.1) is 11.3 Å². The largest absolute Gasteiger partial charge is 0.337 e. The molecule has 0 radical (unpaired) electrons. The van der Waals surface area contributed by atoms with Crippen LogP contribution < -0.4 is 5.32 Å². The van der Waals surface area contributed by atoms with E-state index >= 15 is 0 Å². The van der Waals surface area contributed by atoms with Gasteiger partial charge in [-0.05, 0) is 36.8 Å². The van der Waals surface area contributed by atoms with E-state index in [4.69, 9.17) is 23.2 Å². The van der Waals surface area contributed by atoms with Gasteiger partial charge in [0.1, 0.15) is 21.8 Å². The molecule has 0 aliphatic rings. The lowest BCUT2D eigenvalue weighted by Crippen LogP contribution is -2.31. The summed E-state index contributed by atoms with van der Waals surface area (Å²) in [6, 6.07) is 14.4. The number of amides is 1. The molecular formula is C22H18Cl2N4OS. The zero-order valence-corrected chi connectivity index (χ0v) is 18.6. The summed E-state index contributed by atoms with van der Waals surface area (Å²) < 4.78 is 1.89. The highest BCUT2D eigenvalue weighted by atomic mass is 35.5. The van der Waals surface area contributed by atoms with E-state index in [-0.39, 0.29) is 5.91 Å². The molecule has 2 heterocycles. The Morgan fingerprint density at radius 1 is 1.07 bits per heavy atom. The summed E-state index contributed by atoms with van der Waals surface area (Å²) in [5.41, 5.74) is 2.49. The van der Waals surface area contributed by atoms with Crippen LogP contribution in [0.15, 0.2) is 60.9 Å². The van der Waals surface area contributed by atoms with Crippen molar-refractivity contribution in [2.75, 3.05) is 0 Å². The molecule has 152 valence electrons. The molecule has 0 saturated carbocycles.